The molecule has 0 saturated heterocycles. The standard InChI is InChI=1S/C11H18N4O4/c1-7(2)14-11(12-6-4-5-9(16)17)10(15(18)19)8(3)13-14/h7,12H,4-6H2,1-3H3,(H,16,17). The van der Waals surface area contributed by atoms with Crippen molar-refractivity contribution in [3.8, 4) is 0 Å². The number of carboxylic acids is 1. The van der Waals surface area contributed by atoms with Crippen LogP contribution in [0.4, 0.5) is 11.5 Å². The molecule has 1 heterocycles. The second kappa shape index (κ2) is 6.17. The fourth-order valence-corrected chi connectivity index (χ4v) is 1.74. The van der Waals surface area contributed by atoms with Gasteiger partial charge in [0, 0.05) is 19.0 Å². The van der Waals surface area contributed by atoms with E-state index in [0.717, 1.165) is 0 Å². The number of aromatic nitrogens is 2. The van der Waals surface area contributed by atoms with Gasteiger partial charge in [-0.1, -0.05) is 0 Å². The summed E-state index contributed by atoms with van der Waals surface area (Å²) in [6.45, 7) is 5.68. The lowest BCUT2D eigenvalue weighted by atomic mass is 10.3. The highest BCUT2D eigenvalue weighted by molar-refractivity contribution is 5.66. The molecule has 0 spiro atoms. The van der Waals surface area contributed by atoms with E-state index >= 15 is 0 Å². The molecule has 19 heavy (non-hydrogen) atoms. The molecule has 0 atom stereocenters. The average Bonchev–Trinajstić information content (AvgIpc) is 2.61. The molecule has 106 valence electrons. The van der Waals surface area contributed by atoms with Crippen LogP contribution in [0.3, 0.4) is 0 Å². The van der Waals surface area contributed by atoms with Crippen LogP contribution in [-0.4, -0.2) is 32.3 Å². The molecule has 0 aromatic carbocycles. The Kier molecular flexibility index (Phi) is 4.85. The SMILES string of the molecule is Cc1nn(C(C)C)c(NCCCC(=O)O)c1[N+](=O)[O-]. The first-order valence-corrected chi connectivity index (χ1v) is 6.03. The van der Waals surface area contributed by atoms with Gasteiger partial charge in [-0.2, -0.15) is 5.10 Å². The number of nitrogens with one attached hydrogen (secondary N) is 1. The van der Waals surface area contributed by atoms with Crippen LogP contribution in [0.2, 0.25) is 0 Å². The van der Waals surface area contributed by atoms with Crippen LogP contribution in [0.5, 0.6) is 0 Å². The summed E-state index contributed by atoms with van der Waals surface area (Å²) in [6, 6.07) is -0.0191. The number of anilines is 1. The number of aryl methyl sites for hydroxylation is 1. The highest BCUT2D eigenvalue weighted by atomic mass is 16.6. The summed E-state index contributed by atoms with van der Waals surface area (Å²) in [5, 5.41) is 26.6. The molecule has 0 bridgehead atoms. The molecular weight excluding hydrogens is 252 g/mol. The largest absolute Gasteiger partial charge is 0.481 e. The summed E-state index contributed by atoms with van der Waals surface area (Å²) in [4.78, 5) is 21.0. The van der Waals surface area contributed by atoms with Crippen LogP contribution in [0, 0.1) is 17.0 Å². The predicted octanol–water partition coefficient (Wildman–Crippen LogP) is 1.96. The number of nitrogens with zero attached hydrogens (tertiary/aromatic N) is 3. The lowest BCUT2D eigenvalue weighted by Crippen LogP contribution is -2.12. The van der Waals surface area contributed by atoms with E-state index in [1.807, 2.05) is 13.8 Å². The maximum atomic E-state index is 11.0. The number of carboxylic acid groups (broad SMARTS) is 1. The van der Waals surface area contributed by atoms with Crippen molar-refractivity contribution in [3.05, 3.63) is 15.8 Å². The van der Waals surface area contributed by atoms with Gasteiger partial charge in [0.25, 0.3) is 0 Å². The van der Waals surface area contributed by atoms with Crippen molar-refractivity contribution in [3.63, 3.8) is 0 Å². The number of nitro groups is 1. The third kappa shape index (κ3) is 3.67. The van der Waals surface area contributed by atoms with Crippen LogP contribution in [0.1, 0.15) is 38.4 Å². The van der Waals surface area contributed by atoms with E-state index in [2.05, 4.69) is 10.4 Å². The van der Waals surface area contributed by atoms with E-state index in [9.17, 15) is 14.9 Å². The number of aliphatic carboxylic acids is 1. The van der Waals surface area contributed by atoms with E-state index < -0.39 is 10.9 Å². The Bertz CT molecular complexity index is 481. The van der Waals surface area contributed by atoms with Gasteiger partial charge in [-0.05, 0) is 27.2 Å². The molecule has 1 rings (SSSR count). The van der Waals surface area contributed by atoms with Crippen molar-refractivity contribution in [2.45, 2.75) is 39.7 Å². The van der Waals surface area contributed by atoms with E-state index in [4.69, 9.17) is 5.11 Å². The van der Waals surface area contributed by atoms with E-state index in [-0.39, 0.29) is 18.2 Å². The highest BCUT2D eigenvalue weighted by Crippen LogP contribution is 2.30. The lowest BCUT2D eigenvalue weighted by molar-refractivity contribution is -0.384. The number of hydrogen-bond acceptors (Lipinski definition) is 5. The number of hydrogen-bond donors (Lipinski definition) is 2. The summed E-state index contributed by atoms with van der Waals surface area (Å²) in [5.74, 6) is -0.548. The van der Waals surface area contributed by atoms with Crippen molar-refractivity contribution in [2.24, 2.45) is 0 Å². The first kappa shape index (κ1) is 14.9. The van der Waals surface area contributed by atoms with Crippen molar-refractivity contribution in [2.75, 3.05) is 11.9 Å². The van der Waals surface area contributed by atoms with Gasteiger partial charge in [0.15, 0.2) is 0 Å². The van der Waals surface area contributed by atoms with Gasteiger partial charge in [0.05, 0.1) is 4.92 Å². The van der Waals surface area contributed by atoms with Gasteiger partial charge in [0.2, 0.25) is 5.82 Å². The van der Waals surface area contributed by atoms with E-state index in [1.165, 1.54) is 0 Å². The summed E-state index contributed by atoms with van der Waals surface area (Å²) in [5.41, 5.74) is 0.295. The molecule has 0 radical (unpaired) electrons. The molecule has 0 aliphatic carbocycles. The first-order valence-electron chi connectivity index (χ1n) is 6.03. The Morgan fingerprint density at radius 1 is 1.58 bits per heavy atom. The normalized spacial score (nSPS) is 10.7. The molecule has 0 saturated carbocycles. The Hall–Kier alpha value is -2.12. The second-order valence-electron chi connectivity index (χ2n) is 4.50. The molecule has 1 aromatic rings. The van der Waals surface area contributed by atoms with Crippen molar-refractivity contribution in [1.82, 2.24) is 9.78 Å². The molecule has 2 N–H and O–H groups in total. The quantitative estimate of drug-likeness (QED) is 0.445. The predicted molar refractivity (Wildman–Crippen MR) is 69.4 cm³/mol. The van der Waals surface area contributed by atoms with Crippen LogP contribution < -0.4 is 5.32 Å². The summed E-state index contributed by atoms with van der Waals surface area (Å²) in [7, 11) is 0. The molecule has 0 unspecified atom stereocenters. The van der Waals surface area contributed by atoms with Crippen LogP contribution in [0.15, 0.2) is 0 Å². The zero-order valence-electron chi connectivity index (χ0n) is 11.2. The molecule has 8 heteroatoms. The maximum absolute atomic E-state index is 11.0. The zero-order chi connectivity index (χ0) is 14.6. The Morgan fingerprint density at radius 3 is 2.68 bits per heavy atom. The molecule has 0 aliphatic rings. The molecule has 8 nitrogen and oxygen atoms in total. The fourth-order valence-electron chi connectivity index (χ4n) is 1.74. The smallest absolute Gasteiger partial charge is 0.333 e. The molecule has 0 amide bonds. The molecule has 0 fully saturated rings. The summed E-state index contributed by atoms with van der Waals surface area (Å²) < 4.78 is 1.55. The number of carbonyl (C=O) groups is 1. The third-order valence-corrected chi connectivity index (χ3v) is 2.59. The topological polar surface area (TPSA) is 110 Å². The van der Waals surface area contributed by atoms with Crippen molar-refractivity contribution in [1.29, 1.82) is 0 Å². The second-order valence-corrected chi connectivity index (χ2v) is 4.50. The average molecular weight is 270 g/mol. The minimum Gasteiger partial charge on any atom is -0.481 e. The molecular formula is C11H18N4O4. The number of rotatable bonds is 7. The van der Waals surface area contributed by atoms with Crippen LogP contribution in [0.25, 0.3) is 0 Å². The van der Waals surface area contributed by atoms with Gasteiger partial charge in [-0.3, -0.25) is 14.9 Å². The molecule has 0 aliphatic heterocycles. The Labute approximate surface area is 110 Å². The fraction of sp³-hybridized carbons (Fsp3) is 0.636. The zero-order valence-corrected chi connectivity index (χ0v) is 11.2. The van der Waals surface area contributed by atoms with Crippen molar-refractivity contribution >= 4 is 17.5 Å². The minimum absolute atomic E-state index is 0.0191. The monoisotopic (exact) mass is 270 g/mol. The van der Waals surface area contributed by atoms with Gasteiger partial charge in [-0.25, -0.2) is 4.68 Å². The van der Waals surface area contributed by atoms with Gasteiger partial charge < -0.3 is 10.4 Å². The van der Waals surface area contributed by atoms with Crippen LogP contribution >= 0.6 is 0 Å². The Morgan fingerprint density at radius 2 is 2.21 bits per heavy atom. The van der Waals surface area contributed by atoms with Gasteiger partial charge in [-0.15, -0.1) is 0 Å². The van der Waals surface area contributed by atoms with Crippen molar-refractivity contribution < 1.29 is 14.8 Å². The lowest BCUT2D eigenvalue weighted by Gasteiger charge is -2.11. The van der Waals surface area contributed by atoms with Gasteiger partial charge in [0.1, 0.15) is 5.69 Å². The maximum Gasteiger partial charge on any atom is 0.333 e. The summed E-state index contributed by atoms with van der Waals surface area (Å²) in [6.07, 6.45) is 0.421. The van der Waals surface area contributed by atoms with Crippen LogP contribution in [-0.2, 0) is 4.79 Å². The highest BCUT2D eigenvalue weighted by Gasteiger charge is 2.26. The van der Waals surface area contributed by atoms with E-state index in [0.29, 0.717) is 24.5 Å². The third-order valence-electron chi connectivity index (χ3n) is 2.59. The minimum atomic E-state index is -0.884. The molecule has 1 aromatic heterocycles. The van der Waals surface area contributed by atoms with E-state index in [1.54, 1.807) is 11.6 Å². The van der Waals surface area contributed by atoms with Gasteiger partial charge >= 0.3 is 11.7 Å². The summed E-state index contributed by atoms with van der Waals surface area (Å²) >= 11 is 0. The first-order chi connectivity index (χ1) is 8.84. The Balaban J connectivity index is 2.89.